The highest BCUT2D eigenvalue weighted by Crippen LogP contribution is 2.55. The molecule has 0 radical (unpaired) electrons. The highest BCUT2D eigenvalue weighted by Gasteiger charge is 2.31. The molecule has 1 fully saturated rings. The lowest BCUT2D eigenvalue weighted by atomic mass is 9.88. The molecule has 1 aliphatic carbocycles. The monoisotopic (exact) mass is 434 g/mol. The predicted octanol–water partition coefficient (Wildman–Crippen LogP) is 6.13. The third-order valence-electron chi connectivity index (χ3n) is 6.94. The molecule has 4 aromatic carbocycles. The van der Waals surface area contributed by atoms with Crippen molar-refractivity contribution < 1.29 is 15.3 Å². The second-order valence-corrected chi connectivity index (χ2v) is 8.80. The van der Waals surface area contributed by atoms with Gasteiger partial charge >= 0.3 is 0 Å². The van der Waals surface area contributed by atoms with Crippen LogP contribution in [0.4, 0.5) is 5.69 Å². The zero-order chi connectivity index (χ0) is 22.7. The van der Waals surface area contributed by atoms with E-state index >= 15 is 0 Å². The Hall–Kier alpha value is -4.17. The average molecular weight is 434 g/mol. The van der Waals surface area contributed by atoms with E-state index in [2.05, 4.69) is 35.2 Å². The van der Waals surface area contributed by atoms with E-state index in [9.17, 15) is 20.6 Å². The summed E-state index contributed by atoms with van der Waals surface area (Å²) in [5, 5.41) is 43.0. The molecule has 0 aromatic heterocycles. The molecule has 0 atom stereocenters. The fourth-order valence-electron chi connectivity index (χ4n) is 5.46. The maximum atomic E-state index is 10.3. The fourth-order valence-corrected chi connectivity index (χ4v) is 5.46. The van der Waals surface area contributed by atoms with Crippen molar-refractivity contribution in [3.05, 3.63) is 60.2 Å². The molecule has 33 heavy (non-hydrogen) atoms. The molecule has 2 aliphatic rings. The Bertz CT molecular complexity index is 1470. The highest BCUT2D eigenvalue weighted by molar-refractivity contribution is 6.20. The minimum Gasteiger partial charge on any atom is -0.504 e. The Kier molecular flexibility index (Phi) is 4.24. The first-order chi connectivity index (χ1) is 16.1. The van der Waals surface area contributed by atoms with E-state index in [0.717, 1.165) is 70.2 Å². The largest absolute Gasteiger partial charge is 0.504 e. The minimum atomic E-state index is -0.536. The summed E-state index contributed by atoms with van der Waals surface area (Å²) in [6.07, 6.45) is 3.34. The zero-order valence-corrected chi connectivity index (χ0v) is 18.0. The zero-order valence-electron chi connectivity index (χ0n) is 18.0. The molecule has 3 N–H and O–H groups in total. The van der Waals surface area contributed by atoms with Crippen LogP contribution in [0.25, 0.3) is 44.2 Å². The van der Waals surface area contributed by atoms with Crippen molar-refractivity contribution in [1.29, 1.82) is 5.26 Å². The van der Waals surface area contributed by atoms with Crippen molar-refractivity contribution >= 4 is 16.5 Å². The van der Waals surface area contributed by atoms with Crippen LogP contribution in [0.2, 0.25) is 0 Å². The first kappa shape index (κ1) is 19.5. The van der Waals surface area contributed by atoms with E-state index in [0.29, 0.717) is 11.1 Å². The van der Waals surface area contributed by atoms with Gasteiger partial charge in [-0.3, -0.25) is 0 Å². The third-order valence-corrected chi connectivity index (χ3v) is 6.94. The maximum Gasteiger partial charge on any atom is 0.200 e. The van der Waals surface area contributed by atoms with E-state index in [4.69, 9.17) is 0 Å². The van der Waals surface area contributed by atoms with Crippen LogP contribution in [-0.2, 0) is 0 Å². The summed E-state index contributed by atoms with van der Waals surface area (Å²) >= 11 is 0. The first-order valence-corrected chi connectivity index (χ1v) is 11.2. The number of nitriles is 1. The van der Waals surface area contributed by atoms with Crippen molar-refractivity contribution in [3.63, 3.8) is 0 Å². The van der Waals surface area contributed by atoms with Gasteiger partial charge in [0.15, 0.2) is 17.2 Å². The summed E-state index contributed by atoms with van der Waals surface area (Å²) in [5.41, 5.74) is 6.82. The van der Waals surface area contributed by atoms with Gasteiger partial charge in [0.2, 0.25) is 0 Å². The molecule has 1 saturated heterocycles. The highest BCUT2D eigenvalue weighted by atomic mass is 16.3. The molecule has 5 nitrogen and oxygen atoms in total. The van der Waals surface area contributed by atoms with Gasteiger partial charge in [0.1, 0.15) is 6.07 Å². The van der Waals surface area contributed by atoms with Crippen LogP contribution in [0.15, 0.2) is 54.6 Å². The number of hydrogen-bond acceptors (Lipinski definition) is 5. The molecule has 1 aliphatic heterocycles. The number of anilines is 1. The van der Waals surface area contributed by atoms with Gasteiger partial charge in [0.25, 0.3) is 0 Å². The van der Waals surface area contributed by atoms with Gasteiger partial charge in [-0.15, -0.1) is 0 Å². The van der Waals surface area contributed by atoms with Gasteiger partial charge in [0.05, 0.1) is 11.3 Å². The summed E-state index contributed by atoms with van der Waals surface area (Å²) in [5.74, 6) is -1.29. The standard InChI is InChI=1S/C28H22N2O3/c29-15-21-22(30-10-2-1-3-11-30)14-20(17-12-23(31)28(33)24(32)13-17)26-18-8-4-6-16-7-5-9-19(25(16)18)27(21)26/h4-9,12-14,31-33H,1-3,10-11H2. The van der Waals surface area contributed by atoms with Crippen molar-refractivity contribution in [2.45, 2.75) is 19.3 Å². The van der Waals surface area contributed by atoms with E-state index in [1.165, 1.54) is 18.6 Å². The van der Waals surface area contributed by atoms with Crippen molar-refractivity contribution in [3.8, 4) is 56.7 Å². The lowest BCUT2D eigenvalue weighted by Crippen LogP contribution is -2.30. The molecule has 1 heterocycles. The lowest BCUT2D eigenvalue weighted by Gasteiger charge is -2.31. The number of phenolic OH excluding ortho intramolecular Hbond substituents is 3. The Balaban J connectivity index is 1.74. The van der Waals surface area contributed by atoms with Crippen LogP contribution in [0, 0.1) is 11.3 Å². The molecule has 0 saturated carbocycles. The Morgan fingerprint density at radius 2 is 1.39 bits per heavy atom. The van der Waals surface area contributed by atoms with E-state index < -0.39 is 5.75 Å². The number of phenols is 3. The van der Waals surface area contributed by atoms with Gasteiger partial charge < -0.3 is 20.2 Å². The second kappa shape index (κ2) is 7.18. The van der Waals surface area contributed by atoms with Crippen LogP contribution in [-0.4, -0.2) is 28.4 Å². The molecule has 0 spiro atoms. The topological polar surface area (TPSA) is 87.7 Å². The number of nitrogens with zero attached hydrogens (tertiary/aromatic N) is 2. The SMILES string of the molecule is N#Cc1c(N2CCCCC2)cc(-c2cc(O)c(O)c(O)c2)c2c1-c1cccc3cccc-2c13. The molecule has 4 aromatic rings. The van der Waals surface area contributed by atoms with E-state index in [1.54, 1.807) is 0 Å². The summed E-state index contributed by atoms with van der Waals surface area (Å²) < 4.78 is 0. The maximum absolute atomic E-state index is 10.3. The molecule has 6 rings (SSSR count). The van der Waals surface area contributed by atoms with Crippen LogP contribution in [0.3, 0.4) is 0 Å². The predicted molar refractivity (Wildman–Crippen MR) is 130 cm³/mol. The molecule has 162 valence electrons. The van der Waals surface area contributed by atoms with Crippen molar-refractivity contribution in [2.24, 2.45) is 0 Å². The summed E-state index contributed by atoms with van der Waals surface area (Å²) in [4.78, 5) is 2.27. The Morgan fingerprint density at radius 3 is 2.03 bits per heavy atom. The first-order valence-electron chi connectivity index (χ1n) is 11.2. The molecular weight excluding hydrogens is 412 g/mol. The third kappa shape index (κ3) is 2.77. The van der Waals surface area contributed by atoms with E-state index in [1.807, 2.05) is 18.2 Å². The summed E-state index contributed by atoms with van der Waals surface area (Å²) in [6, 6.07) is 19.8. The summed E-state index contributed by atoms with van der Waals surface area (Å²) in [6.45, 7) is 1.77. The quantitative estimate of drug-likeness (QED) is 0.291. The molecular formula is C28H22N2O3. The molecule has 0 amide bonds. The van der Waals surface area contributed by atoms with Crippen LogP contribution >= 0.6 is 0 Å². The van der Waals surface area contributed by atoms with Gasteiger partial charge in [-0.2, -0.15) is 5.26 Å². The molecule has 0 bridgehead atoms. The van der Waals surface area contributed by atoms with Crippen molar-refractivity contribution in [2.75, 3.05) is 18.0 Å². The second-order valence-electron chi connectivity index (χ2n) is 8.80. The van der Waals surface area contributed by atoms with Crippen LogP contribution < -0.4 is 4.90 Å². The number of piperidine rings is 1. The van der Waals surface area contributed by atoms with Crippen molar-refractivity contribution in [1.82, 2.24) is 0 Å². The number of hydrogen-bond donors (Lipinski definition) is 3. The number of benzene rings is 4. The molecule has 0 unspecified atom stereocenters. The number of fused-ring (bicyclic) bond motifs is 3. The van der Waals surface area contributed by atoms with E-state index in [-0.39, 0.29) is 11.5 Å². The fraction of sp³-hybridized carbons (Fsp3) is 0.179. The van der Waals surface area contributed by atoms with Crippen LogP contribution in [0.1, 0.15) is 24.8 Å². The smallest absolute Gasteiger partial charge is 0.200 e. The van der Waals surface area contributed by atoms with Gasteiger partial charge in [-0.1, -0.05) is 36.4 Å². The van der Waals surface area contributed by atoms with Gasteiger partial charge in [-0.05, 0) is 76.1 Å². The minimum absolute atomic E-state index is 0.378. The Morgan fingerprint density at radius 1 is 0.758 bits per heavy atom. The molecule has 5 heteroatoms. The Labute approximate surface area is 191 Å². The summed E-state index contributed by atoms with van der Waals surface area (Å²) in [7, 11) is 0. The average Bonchev–Trinajstić information content (AvgIpc) is 3.18. The number of aromatic hydroxyl groups is 3. The number of rotatable bonds is 2. The normalized spacial score (nSPS) is 14.3. The lowest BCUT2D eigenvalue weighted by molar-refractivity contribution is 0.368. The van der Waals surface area contributed by atoms with Gasteiger partial charge in [-0.25, -0.2) is 0 Å². The van der Waals surface area contributed by atoms with Gasteiger partial charge in [0, 0.05) is 18.7 Å². The van der Waals surface area contributed by atoms with Crippen LogP contribution in [0.5, 0.6) is 17.2 Å².